The summed E-state index contributed by atoms with van der Waals surface area (Å²) in [7, 11) is 0. The first kappa shape index (κ1) is 20.4. The molecule has 0 bridgehead atoms. The zero-order valence-electron chi connectivity index (χ0n) is 17.8. The van der Waals surface area contributed by atoms with E-state index in [1.54, 1.807) is 0 Å². The fraction of sp³-hybridized carbons (Fsp3) is 0.667. The Morgan fingerprint density at radius 2 is 1.72 bits per heavy atom. The van der Waals surface area contributed by atoms with Gasteiger partial charge in [-0.2, -0.15) is 0 Å². The summed E-state index contributed by atoms with van der Waals surface area (Å²) in [5.74, 6) is 0.599. The van der Waals surface area contributed by atoms with Crippen molar-refractivity contribution in [1.29, 1.82) is 0 Å². The molecule has 4 rings (SSSR count). The Balaban J connectivity index is 1.31. The average molecular weight is 398 g/mol. The number of nitrogens with zero attached hydrogens (tertiary/aromatic N) is 3. The summed E-state index contributed by atoms with van der Waals surface area (Å²) in [5.41, 5.74) is 1.49. The fourth-order valence-corrected chi connectivity index (χ4v) is 5.37. The lowest BCUT2D eigenvalue weighted by atomic mass is 9.72. The minimum atomic E-state index is 0.0156. The van der Waals surface area contributed by atoms with Gasteiger partial charge in [0.25, 0.3) is 0 Å². The van der Waals surface area contributed by atoms with Crippen molar-refractivity contribution in [3.8, 4) is 0 Å². The molecule has 3 fully saturated rings. The molecule has 3 aliphatic rings. The molecular weight excluding hydrogens is 362 g/mol. The number of rotatable bonds is 5. The molecule has 2 amide bonds. The highest BCUT2D eigenvalue weighted by molar-refractivity contribution is 5.81. The number of hydrogen-bond acceptors (Lipinski definition) is 3. The molecule has 5 heteroatoms. The molecule has 29 heavy (non-hydrogen) atoms. The van der Waals surface area contributed by atoms with Gasteiger partial charge in [-0.05, 0) is 69.5 Å². The summed E-state index contributed by atoms with van der Waals surface area (Å²) in [4.78, 5) is 32.0. The lowest BCUT2D eigenvalue weighted by Crippen LogP contribution is -2.55. The van der Waals surface area contributed by atoms with Crippen LogP contribution in [0.2, 0.25) is 0 Å². The van der Waals surface area contributed by atoms with Gasteiger partial charge in [0.05, 0.1) is 6.04 Å². The van der Waals surface area contributed by atoms with E-state index in [0.717, 1.165) is 65.0 Å². The monoisotopic (exact) mass is 397 g/mol. The van der Waals surface area contributed by atoms with Crippen LogP contribution in [0.5, 0.6) is 0 Å². The van der Waals surface area contributed by atoms with Crippen molar-refractivity contribution in [2.24, 2.45) is 5.41 Å². The minimum Gasteiger partial charge on any atom is -0.342 e. The van der Waals surface area contributed by atoms with Crippen LogP contribution in [0.3, 0.4) is 0 Å². The third-order valence-electron chi connectivity index (χ3n) is 7.44. The first-order valence-electron chi connectivity index (χ1n) is 11.4. The predicted molar refractivity (Wildman–Crippen MR) is 114 cm³/mol. The largest absolute Gasteiger partial charge is 0.342 e. The summed E-state index contributed by atoms with van der Waals surface area (Å²) in [5, 5.41) is 0. The summed E-state index contributed by atoms with van der Waals surface area (Å²) in [6.45, 7) is 7.55. The molecule has 5 nitrogen and oxygen atoms in total. The topological polar surface area (TPSA) is 43.9 Å². The van der Waals surface area contributed by atoms with Crippen LogP contribution in [-0.4, -0.2) is 71.8 Å². The zero-order chi connectivity index (χ0) is 20.3. The second-order valence-corrected chi connectivity index (χ2v) is 9.30. The van der Waals surface area contributed by atoms with Crippen molar-refractivity contribution in [1.82, 2.24) is 14.7 Å². The fourth-order valence-electron chi connectivity index (χ4n) is 5.37. The van der Waals surface area contributed by atoms with Crippen LogP contribution < -0.4 is 0 Å². The Bertz CT molecular complexity index is 706. The van der Waals surface area contributed by atoms with Gasteiger partial charge in [-0.25, -0.2) is 0 Å². The summed E-state index contributed by atoms with van der Waals surface area (Å²) in [6, 6.07) is 10.4. The van der Waals surface area contributed by atoms with Gasteiger partial charge < -0.3 is 9.80 Å². The van der Waals surface area contributed by atoms with E-state index >= 15 is 0 Å². The minimum absolute atomic E-state index is 0.0156. The summed E-state index contributed by atoms with van der Waals surface area (Å²) in [6.07, 6.45) is 7.05. The predicted octanol–water partition coefficient (Wildman–Crippen LogP) is 2.94. The Labute approximate surface area is 175 Å². The van der Waals surface area contributed by atoms with Crippen LogP contribution in [0.25, 0.3) is 0 Å². The van der Waals surface area contributed by atoms with Crippen LogP contribution in [0.15, 0.2) is 30.3 Å². The van der Waals surface area contributed by atoms with E-state index in [0.29, 0.717) is 18.2 Å². The maximum atomic E-state index is 13.0. The first-order valence-corrected chi connectivity index (χ1v) is 11.4. The van der Waals surface area contributed by atoms with Gasteiger partial charge in [-0.15, -0.1) is 0 Å². The molecule has 158 valence electrons. The van der Waals surface area contributed by atoms with Crippen LogP contribution >= 0.6 is 0 Å². The molecule has 0 saturated carbocycles. The quantitative estimate of drug-likeness (QED) is 0.767. The highest BCUT2D eigenvalue weighted by atomic mass is 16.2. The van der Waals surface area contributed by atoms with E-state index in [4.69, 9.17) is 0 Å². The molecule has 0 N–H and O–H groups in total. The number of carbonyl (C=O) groups excluding carboxylic acids is 2. The maximum absolute atomic E-state index is 13.0. The highest BCUT2D eigenvalue weighted by Gasteiger charge is 2.42. The zero-order valence-corrected chi connectivity index (χ0v) is 17.8. The third-order valence-corrected chi connectivity index (χ3v) is 7.44. The van der Waals surface area contributed by atoms with E-state index in [1.165, 1.54) is 18.4 Å². The number of piperidine rings is 2. The number of benzene rings is 1. The van der Waals surface area contributed by atoms with E-state index in [2.05, 4.69) is 45.9 Å². The SMILES string of the molecule is C[C@H](C(=O)N1CCC2(CCC(=O)N(CCc3ccccc3)C2)CC1)N1CCCC1. The Hall–Kier alpha value is -1.88. The van der Waals surface area contributed by atoms with Gasteiger partial charge >= 0.3 is 0 Å². The van der Waals surface area contributed by atoms with Gasteiger partial charge in [0, 0.05) is 32.6 Å². The standard InChI is InChI=1S/C24H35N3O2/c1-20(25-14-5-6-15-25)23(29)26-17-12-24(13-18-26)11-9-22(28)27(19-24)16-10-21-7-3-2-4-8-21/h2-4,7-8,20H,5-6,9-19H2,1H3/t20-/m1/s1. The van der Waals surface area contributed by atoms with Crippen LogP contribution in [0.4, 0.5) is 0 Å². The van der Waals surface area contributed by atoms with Crippen molar-refractivity contribution in [3.63, 3.8) is 0 Å². The van der Waals surface area contributed by atoms with Gasteiger partial charge in [-0.1, -0.05) is 30.3 Å². The number of carbonyl (C=O) groups is 2. The molecule has 0 aromatic heterocycles. The van der Waals surface area contributed by atoms with Crippen LogP contribution in [-0.2, 0) is 16.0 Å². The third kappa shape index (κ3) is 4.66. The van der Waals surface area contributed by atoms with Gasteiger partial charge in [0.15, 0.2) is 0 Å². The number of hydrogen-bond donors (Lipinski definition) is 0. The normalized spacial score (nSPS) is 23.6. The lowest BCUT2D eigenvalue weighted by molar-refractivity contribution is -0.144. The molecule has 3 aliphatic heterocycles. The van der Waals surface area contributed by atoms with E-state index in [-0.39, 0.29) is 11.5 Å². The van der Waals surface area contributed by atoms with E-state index in [1.807, 2.05) is 6.07 Å². The molecule has 3 heterocycles. The molecule has 3 saturated heterocycles. The van der Waals surface area contributed by atoms with Crippen molar-refractivity contribution in [2.75, 3.05) is 39.3 Å². The van der Waals surface area contributed by atoms with Crippen molar-refractivity contribution >= 4 is 11.8 Å². The number of likely N-dealkylation sites (tertiary alicyclic amines) is 3. The van der Waals surface area contributed by atoms with Crippen molar-refractivity contribution in [2.45, 2.75) is 57.9 Å². The van der Waals surface area contributed by atoms with Gasteiger partial charge in [-0.3, -0.25) is 14.5 Å². The summed E-state index contributed by atoms with van der Waals surface area (Å²) < 4.78 is 0. The Morgan fingerprint density at radius 3 is 2.41 bits per heavy atom. The highest BCUT2D eigenvalue weighted by Crippen LogP contribution is 2.40. The Morgan fingerprint density at radius 1 is 1.03 bits per heavy atom. The molecule has 1 aromatic rings. The molecule has 1 atom stereocenters. The van der Waals surface area contributed by atoms with Crippen LogP contribution in [0.1, 0.15) is 51.0 Å². The van der Waals surface area contributed by atoms with Crippen molar-refractivity contribution in [3.05, 3.63) is 35.9 Å². The first-order chi connectivity index (χ1) is 14.1. The van der Waals surface area contributed by atoms with Crippen molar-refractivity contribution < 1.29 is 9.59 Å². The molecule has 1 spiro atoms. The Kier molecular flexibility index (Phi) is 6.23. The maximum Gasteiger partial charge on any atom is 0.239 e. The lowest BCUT2D eigenvalue weighted by Gasteiger charge is -2.48. The van der Waals surface area contributed by atoms with Gasteiger partial charge in [0.1, 0.15) is 0 Å². The average Bonchev–Trinajstić information content (AvgIpc) is 3.30. The van der Waals surface area contributed by atoms with E-state index in [9.17, 15) is 9.59 Å². The summed E-state index contributed by atoms with van der Waals surface area (Å²) >= 11 is 0. The molecule has 1 aromatic carbocycles. The molecular formula is C24H35N3O2. The van der Waals surface area contributed by atoms with Crippen LogP contribution in [0, 0.1) is 5.41 Å². The number of amides is 2. The second kappa shape index (κ2) is 8.86. The molecule has 0 aliphatic carbocycles. The molecule has 0 unspecified atom stereocenters. The van der Waals surface area contributed by atoms with E-state index < -0.39 is 0 Å². The smallest absolute Gasteiger partial charge is 0.239 e. The molecule has 0 radical (unpaired) electrons. The van der Waals surface area contributed by atoms with Gasteiger partial charge in [0.2, 0.25) is 11.8 Å². The second-order valence-electron chi connectivity index (χ2n) is 9.30.